The van der Waals surface area contributed by atoms with E-state index in [1.807, 2.05) is 31.2 Å². The molecule has 21 heavy (non-hydrogen) atoms. The predicted octanol–water partition coefficient (Wildman–Crippen LogP) is 5.30. The van der Waals surface area contributed by atoms with Gasteiger partial charge in [-0.2, -0.15) is 0 Å². The summed E-state index contributed by atoms with van der Waals surface area (Å²) in [6.07, 6.45) is 0.953. The van der Waals surface area contributed by atoms with Gasteiger partial charge < -0.3 is 10.1 Å². The average molecular weight is 352 g/mol. The van der Waals surface area contributed by atoms with Crippen molar-refractivity contribution in [3.8, 4) is 5.75 Å². The van der Waals surface area contributed by atoms with Gasteiger partial charge in [-0.25, -0.2) is 4.39 Å². The Labute approximate surface area is 133 Å². The number of nitrogens with one attached hydrogen (secondary N) is 1. The second-order valence-corrected chi connectivity index (χ2v) is 5.85. The maximum Gasteiger partial charge on any atom is 0.142 e. The molecular weight excluding hydrogens is 333 g/mol. The van der Waals surface area contributed by atoms with E-state index in [2.05, 4.69) is 28.2 Å². The van der Waals surface area contributed by atoms with Crippen LogP contribution in [0.2, 0.25) is 0 Å². The fourth-order valence-corrected chi connectivity index (χ4v) is 2.30. The fourth-order valence-electron chi connectivity index (χ4n) is 1.96. The lowest BCUT2D eigenvalue weighted by atomic mass is 10.2. The lowest BCUT2D eigenvalue weighted by Gasteiger charge is -2.14. The van der Waals surface area contributed by atoms with Gasteiger partial charge >= 0.3 is 0 Å². The highest BCUT2D eigenvalue weighted by atomic mass is 79.9. The molecule has 2 aromatic carbocycles. The van der Waals surface area contributed by atoms with Crippen LogP contribution >= 0.6 is 15.9 Å². The van der Waals surface area contributed by atoms with Crippen LogP contribution in [0.15, 0.2) is 40.9 Å². The second kappa shape index (κ2) is 7.46. The molecule has 4 heteroatoms. The van der Waals surface area contributed by atoms with Crippen molar-refractivity contribution >= 4 is 21.6 Å². The van der Waals surface area contributed by atoms with Crippen molar-refractivity contribution in [2.45, 2.75) is 26.8 Å². The Bertz CT molecular complexity index is 616. The van der Waals surface area contributed by atoms with Gasteiger partial charge in [-0.15, -0.1) is 0 Å². The Kier molecular flexibility index (Phi) is 5.62. The third kappa shape index (κ3) is 4.46. The van der Waals surface area contributed by atoms with Gasteiger partial charge in [0.1, 0.15) is 11.6 Å². The van der Waals surface area contributed by atoms with Gasteiger partial charge in [0.05, 0.1) is 12.3 Å². The summed E-state index contributed by atoms with van der Waals surface area (Å²) in [5.74, 6) is 0.592. The lowest BCUT2D eigenvalue weighted by molar-refractivity contribution is 0.318. The molecule has 0 aromatic heterocycles. The molecule has 2 nitrogen and oxygen atoms in total. The Morgan fingerprint density at radius 2 is 2.00 bits per heavy atom. The molecule has 2 rings (SSSR count). The molecule has 0 radical (unpaired) electrons. The third-order valence-electron chi connectivity index (χ3n) is 3.08. The number of benzene rings is 2. The largest absolute Gasteiger partial charge is 0.491 e. The standard InChI is InChI=1S/C17H19BrFNO/c1-3-8-21-17-9-12(2)4-7-16(17)20-11-13-5-6-14(18)10-15(13)19/h4-7,9-10,20H,3,8,11H2,1-2H3. The summed E-state index contributed by atoms with van der Waals surface area (Å²) in [5, 5.41) is 3.25. The molecule has 0 atom stereocenters. The van der Waals surface area contributed by atoms with Crippen molar-refractivity contribution in [1.29, 1.82) is 0 Å². The molecule has 0 amide bonds. The van der Waals surface area contributed by atoms with E-state index in [-0.39, 0.29) is 5.82 Å². The molecule has 0 fully saturated rings. The Morgan fingerprint density at radius 3 is 2.71 bits per heavy atom. The number of aryl methyl sites for hydroxylation is 1. The summed E-state index contributed by atoms with van der Waals surface area (Å²) < 4.78 is 20.3. The molecule has 112 valence electrons. The zero-order valence-electron chi connectivity index (χ0n) is 12.2. The van der Waals surface area contributed by atoms with E-state index < -0.39 is 0 Å². The summed E-state index contributed by atoms with van der Waals surface area (Å²) >= 11 is 3.26. The molecule has 0 aliphatic rings. The summed E-state index contributed by atoms with van der Waals surface area (Å²) in [7, 11) is 0. The van der Waals surface area contributed by atoms with Gasteiger partial charge in [0.25, 0.3) is 0 Å². The van der Waals surface area contributed by atoms with Crippen molar-refractivity contribution in [2.24, 2.45) is 0 Å². The minimum atomic E-state index is -0.222. The number of rotatable bonds is 6. The van der Waals surface area contributed by atoms with E-state index in [0.29, 0.717) is 18.7 Å². The van der Waals surface area contributed by atoms with Gasteiger partial charge in [0.2, 0.25) is 0 Å². The van der Waals surface area contributed by atoms with E-state index in [0.717, 1.165) is 27.9 Å². The minimum absolute atomic E-state index is 0.222. The van der Waals surface area contributed by atoms with Crippen LogP contribution in [0.1, 0.15) is 24.5 Å². The molecule has 2 aromatic rings. The highest BCUT2D eigenvalue weighted by Crippen LogP contribution is 2.27. The van der Waals surface area contributed by atoms with Crippen molar-refractivity contribution in [2.75, 3.05) is 11.9 Å². The average Bonchev–Trinajstić information content (AvgIpc) is 2.45. The first-order valence-electron chi connectivity index (χ1n) is 7.01. The molecular formula is C17H19BrFNO. The Balaban J connectivity index is 2.11. The summed E-state index contributed by atoms with van der Waals surface area (Å²) in [6, 6.07) is 11.1. The fraction of sp³-hybridized carbons (Fsp3) is 0.294. The Morgan fingerprint density at radius 1 is 1.19 bits per heavy atom. The van der Waals surface area contributed by atoms with Gasteiger partial charge in [0.15, 0.2) is 0 Å². The van der Waals surface area contributed by atoms with Gasteiger partial charge in [-0.05, 0) is 43.2 Å². The van der Waals surface area contributed by atoms with E-state index in [9.17, 15) is 4.39 Å². The lowest BCUT2D eigenvalue weighted by Crippen LogP contribution is -2.05. The summed E-state index contributed by atoms with van der Waals surface area (Å²) in [6.45, 7) is 5.19. The molecule has 1 N–H and O–H groups in total. The first kappa shape index (κ1) is 15.8. The molecule has 0 heterocycles. The molecule has 0 aliphatic heterocycles. The van der Waals surface area contributed by atoms with Crippen LogP contribution in [-0.4, -0.2) is 6.61 Å². The van der Waals surface area contributed by atoms with Crippen LogP contribution in [0, 0.1) is 12.7 Å². The monoisotopic (exact) mass is 351 g/mol. The summed E-state index contributed by atoms with van der Waals surface area (Å²) in [5.41, 5.74) is 2.65. The van der Waals surface area contributed by atoms with Crippen molar-refractivity contribution < 1.29 is 9.13 Å². The van der Waals surface area contributed by atoms with Crippen LogP contribution in [0.25, 0.3) is 0 Å². The maximum absolute atomic E-state index is 13.8. The van der Waals surface area contributed by atoms with Crippen molar-refractivity contribution in [3.63, 3.8) is 0 Å². The zero-order valence-corrected chi connectivity index (χ0v) is 13.8. The number of halogens is 2. The second-order valence-electron chi connectivity index (χ2n) is 4.94. The van der Waals surface area contributed by atoms with Gasteiger partial charge in [-0.1, -0.05) is 35.0 Å². The molecule has 0 saturated heterocycles. The number of hydrogen-bond donors (Lipinski definition) is 1. The quantitative estimate of drug-likeness (QED) is 0.762. The zero-order chi connectivity index (χ0) is 15.2. The highest BCUT2D eigenvalue weighted by Gasteiger charge is 2.06. The SMILES string of the molecule is CCCOc1cc(C)ccc1NCc1ccc(Br)cc1F. The van der Waals surface area contributed by atoms with Crippen LogP contribution in [-0.2, 0) is 6.54 Å². The van der Waals surface area contributed by atoms with Crippen LogP contribution in [0.5, 0.6) is 5.75 Å². The van der Waals surface area contributed by atoms with E-state index in [1.54, 1.807) is 6.07 Å². The van der Waals surface area contributed by atoms with Gasteiger partial charge in [0, 0.05) is 16.6 Å². The van der Waals surface area contributed by atoms with Crippen molar-refractivity contribution in [1.82, 2.24) is 0 Å². The maximum atomic E-state index is 13.8. The third-order valence-corrected chi connectivity index (χ3v) is 3.58. The predicted molar refractivity (Wildman–Crippen MR) is 88.4 cm³/mol. The molecule has 0 saturated carbocycles. The smallest absolute Gasteiger partial charge is 0.142 e. The van der Waals surface area contributed by atoms with E-state index >= 15 is 0 Å². The number of ether oxygens (including phenoxy) is 1. The minimum Gasteiger partial charge on any atom is -0.491 e. The van der Waals surface area contributed by atoms with Crippen LogP contribution in [0.3, 0.4) is 0 Å². The summed E-state index contributed by atoms with van der Waals surface area (Å²) in [4.78, 5) is 0. The van der Waals surface area contributed by atoms with E-state index in [4.69, 9.17) is 4.74 Å². The van der Waals surface area contributed by atoms with Crippen LogP contribution < -0.4 is 10.1 Å². The molecule has 0 spiro atoms. The molecule has 0 bridgehead atoms. The van der Waals surface area contributed by atoms with Crippen molar-refractivity contribution in [3.05, 3.63) is 57.8 Å². The highest BCUT2D eigenvalue weighted by molar-refractivity contribution is 9.10. The molecule has 0 unspecified atom stereocenters. The topological polar surface area (TPSA) is 21.3 Å². The Hall–Kier alpha value is -1.55. The number of hydrogen-bond acceptors (Lipinski definition) is 2. The van der Waals surface area contributed by atoms with E-state index in [1.165, 1.54) is 6.07 Å². The molecule has 0 aliphatic carbocycles. The number of anilines is 1. The first-order chi connectivity index (χ1) is 10.1. The van der Waals surface area contributed by atoms with Crippen LogP contribution in [0.4, 0.5) is 10.1 Å². The normalized spacial score (nSPS) is 10.5. The first-order valence-corrected chi connectivity index (χ1v) is 7.80. The van der Waals surface area contributed by atoms with Gasteiger partial charge in [-0.3, -0.25) is 0 Å².